The summed E-state index contributed by atoms with van der Waals surface area (Å²) in [6, 6.07) is 4.87. The second-order valence-corrected chi connectivity index (χ2v) is 17.5. The number of carbonyl (C=O) groups excluding carboxylic acids is 1. The Hall–Kier alpha value is -2.61. The van der Waals surface area contributed by atoms with Gasteiger partial charge in [0.1, 0.15) is 6.10 Å². The summed E-state index contributed by atoms with van der Waals surface area (Å²) >= 11 is 0. The van der Waals surface area contributed by atoms with Gasteiger partial charge in [-0.05, 0) is 43.3 Å². The van der Waals surface area contributed by atoms with E-state index in [1.165, 1.54) is 38.6 Å². The van der Waals surface area contributed by atoms with Gasteiger partial charge >= 0.3 is 6.18 Å². The van der Waals surface area contributed by atoms with E-state index in [0.717, 1.165) is 19.1 Å². The number of hydrogen-bond donors (Lipinski definition) is 1. The van der Waals surface area contributed by atoms with E-state index in [2.05, 4.69) is 44.2 Å². The molecule has 2 aromatic rings. The molecule has 3 rings (SSSR count). The van der Waals surface area contributed by atoms with Crippen LogP contribution >= 0.6 is 0 Å². The van der Waals surface area contributed by atoms with E-state index < -0.39 is 67.2 Å². The number of rotatable bonds is 11. The second-order valence-electron chi connectivity index (χ2n) is 12.7. The lowest BCUT2D eigenvalue weighted by molar-refractivity contribution is -0.272. The monoisotopic (exact) mass is 632 g/mol. The molecule has 1 aromatic carbocycles. The zero-order valence-electron chi connectivity index (χ0n) is 25.8. The number of benzene rings is 1. The topological polar surface area (TPSA) is 78.9 Å². The highest BCUT2D eigenvalue weighted by Gasteiger charge is 2.66. The Balaban J connectivity index is 1.99. The quantitative estimate of drug-likeness (QED) is 0.210. The Morgan fingerprint density at radius 3 is 2.28 bits per heavy atom. The molecular weight excluding hydrogens is 591 g/mol. The van der Waals surface area contributed by atoms with Crippen LogP contribution in [0.25, 0.3) is 0 Å². The lowest BCUT2D eigenvalue weighted by Crippen LogP contribution is -2.47. The number of carbonyl (C=O) groups is 1. The minimum absolute atomic E-state index is 0.0804. The van der Waals surface area contributed by atoms with E-state index in [-0.39, 0.29) is 36.1 Å². The number of ether oxygens (including phenoxy) is 3. The Bertz CT molecular complexity index is 1260. The van der Waals surface area contributed by atoms with E-state index in [1.54, 1.807) is 0 Å². The van der Waals surface area contributed by atoms with Crippen molar-refractivity contribution in [2.24, 2.45) is 11.8 Å². The van der Waals surface area contributed by atoms with Gasteiger partial charge in [-0.2, -0.15) is 17.6 Å². The zero-order chi connectivity index (χ0) is 32.4. The maximum atomic E-state index is 15.4. The summed E-state index contributed by atoms with van der Waals surface area (Å²) in [6.07, 6.45) is -3.78. The van der Waals surface area contributed by atoms with Crippen LogP contribution in [-0.4, -0.2) is 64.0 Å². The van der Waals surface area contributed by atoms with Gasteiger partial charge in [0.15, 0.2) is 25.5 Å². The molecule has 0 spiro atoms. The van der Waals surface area contributed by atoms with Gasteiger partial charge in [0, 0.05) is 55.1 Å². The molecular formula is C30H41F5N2O5Si. The van der Waals surface area contributed by atoms with Crippen molar-refractivity contribution >= 4 is 19.9 Å². The fraction of sp³-hybridized carbons (Fsp3) is 0.600. The number of halogens is 5. The van der Waals surface area contributed by atoms with Crippen LogP contribution in [0.5, 0.6) is 5.75 Å². The molecule has 7 nitrogen and oxygen atoms in total. The van der Waals surface area contributed by atoms with Crippen LogP contribution in [0.2, 0.25) is 18.1 Å². The minimum atomic E-state index is -4.87. The average Bonchev–Trinajstić information content (AvgIpc) is 3.19. The van der Waals surface area contributed by atoms with Gasteiger partial charge in [0.05, 0.1) is 13.2 Å². The van der Waals surface area contributed by atoms with E-state index >= 15 is 4.39 Å². The predicted octanol–water partition coefficient (Wildman–Crippen LogP) is 7.10. The van der Waals surface area contributed by atoms with Crippen LogP contribution in [0.1, 0.15) is 46.1 Å². The Labute approximate surface area is 250 Å². The van der Waals surface area contributed by atoms with Gasteiger partial charge in [0.25, 0.3) is 5.91 Å². The van der Waals surface area contributed by atoms with Crippen LogP contribution in [0.4, 0.5) is 27.6 Å². The molecule has 43 heavy (non-hydrogen) atoms. The molecule has 240 valence electrons. The number of nitrogens with zero attached hydrogens (tertiary/aromatic N) is 1. The standard InChI is InChI=1S/C30H41F5N2O5Si/c1-18-23(26(42-29(18,5)30(33,34)35)27(38)37-20-11-13-36-14-12-20)21-9-10-22(31)24(32)25(21)40-16-19(15-39-6)17-41-43(7,8)28(2,3)4/h9-14,18-19,23,26H,15-17H2,1-8H3,(H,36,37,38)/t18-,19?,23-,26+,29+/m0/s1. The fourth-order valence-electron chi connectivity index (χ4n) is 4.75. The molecule has 0 saturated carbocycles. The second kappa shape index (κ2) is 13.2. The van der Waals surface area contributed by atoms with E-state index in [1.807, 2.05) is 0 Å². The van der Waals surface area contributed by atoms with Crippen molar-refractivity contribution in [2.45, 2.75) is 76.6 Å². The SMILES string of the molecule is COCC(COc1c([C@H]2[C@H](C(=O)Nc3ccncc3)O[C@@](C)(C(F)(F)F)[C@H]2C)ccc(F)c1F)CO[Si](C)(C)C(C)(C)C. The molecule has 1 aromatic heterocycles. The van der Waals surface area contributed by atoms with Gasteiger partial charge in [-0.25, -0.2) is 4.39 Å². The number of nitrogens with one attached hydrogen (secondary N) is 1. The van der Waals surface area contributed by atoms with E-state index in [9.17, 15) is 22.4 Å². The minimum Gasteiger partial charge on any atom is -0.490 e. The summed E-state index contributed by atoms with van der Waals surface area (Å²) in [5.41, 5.74) is -2.60. The van der Waals surface area contributed by atoms with E-state index in [4.69, 9.17) is 18.6 Å². The lowest BCUT2D eigenvalue weighted by Gasteiger charge is -2.37. The smallest absolute Gasteiger partial charge is 0.417 e. The maximum absolute atomic E-state index is 15.4. The van der Waals surface area contributed by atoms with Crippen molar-refractivity contribution in [1.82, 2.24) is 4.98 Å². The molecule has 1 amide bonds. The molecule has 0 radical (unpaired) electrons. The third kappa shape index (κ3) is 7.55. The Morgan fingerprint density at radius 2 is 1.72 bits per heavy atom. The highest BCUT2D eigenvalue weighted by atomic mass is 28.4. The molecule has 1 unspecified atom stereocenters. The van der Waals surface area contributed by atoms with Crippen molar-refractivity contribution in [1.29, 1.82) is 0 Å². The number of alkyl halides is 3. The molecule has 1 aliphatic rings. The van der Waals surface area contributed by atoms with Gasteiger partial charge in [0.2, 0.25) is 5.82 Å². The summed E-state index contributed by atoms with van der Waals surface area (Å²) in [6.45, 7) is 12.7. The van der Waals surface area contributed by atoms with Gasteiger partial charge in [-0.15, -0.1) is 0 Å². The lowest BCUT2D eigenvalue weighted by atomic mass is 9.77. The number of methoxy groups -OCH3 is 1. The van der Waals surface area contributed by atoms with Crippen LogP contribution in [0.15, 0.2) is 36.7 Å². The van der Waals surface area contributed by atoms with Crippen LogP contribution in [-0.2, 0) is 18.7 Å². The molecule has 13 heteroatoms. The number of anilines is 1. The van der Waals surface area contributed by atoms with Crippen molar-refractivity contribution in [3.63, 3.8) is 0 Å². The molecule has 1 N–H and O–H groups in total. The number of amides is 1. The molecule has 1 saturated heterocycles. The van der Waals surface area contributed by atoms with Crippen molar-refractivity contribution < 1.29 is 45.4 Å². The van der Waals surface area contributed by atoms with Crippen LogP contribution < -0.4 is 10.1 Å². The molecule has 0 bridgehead atoms. The summed E-state index contributed by atoms with van der Waals surface area (Å²) in [7, 11) is -0.690. The number of pyridine rings is 1. The van der Waals surface area contributed by atoms with Crippen molar-refractivity contribution in [3.05, 3.63) is 53.9 Å². The molecule has 1 aliphatic heterocycles. The summed E-state index contributed by atoms with van der Waals surface area (Å²) < 4.78 is 95.8. The van der Waals surface area contributed by atoms with Crippen LogP contribution in [0, 0.1) is 23.5 Å². The van der Waals surface area contributed by atoms with Crippen molar-refractivity contribution in [3.8, 4) is 5.75 Å². The first-order valence-electron chi connectivity index (χ1n) is 14.0. The van der Waals surface area contributed by atoms with Gasteiger partial charge < -0.3 is 24.0 Å². The highest BCUT2D eigenvalue weighted by molar-refractivity contribution is 6.74. The first-order valence-corrected chi connectivity index (χ1v) is 16.9. The third-order valence-corrected chi connectivity index (χ3v) is 13.2. The summed E-state index contributed by atoms with van der Waals surface area (Å²) in [4.78, 5) is 17.2. The fourth-order valence-corrected chi connectivity index (χ4v) is 5.84. The summed E-state index contributed by atoms with van der Waals surface area (Å²) in [5.74, 6) is -7.22. The maximum Gasteiger partial charge on any atom is 0.417 e. The highest BCUT2D eigenvalue weighted by Crippen LogP contribution is 2.55. The first kappa shape index (κ1) is 34.9. The van der Waals surface area contributed by atoms with Crippen LogP contribution in [0.3, 0.4) is 0 Å². The zero-order valence-corrected chi connectivity index (χ0v) is 26.8. The van der Waals surface area contributed by atoms with Gasteiger partial charge in [-0.1, -0.05) is 33.8 Å². The molecule has 5 atom stereocenters. The van der Waals surface area contributed by atoms with Crippen molar-refractivity contribution in [2.75, 3.05) is 32.2 Å². The normalized spacial score (nSPS) is 23.7. The predicted molar refractivity (Wildman–Crippen MR) is 154 cm³/mol. The largest absolute Gasteiger partial charge is 0.490 e. The molecule has 0 aliphatic carbocycles. The Morgan fingerprint density at radius 1 is 1.09 bits per heavy atom. The number of hydrogen-bond acceptors (Lipinski definition) is 6. The Kier molecular flexibility index (Phi) is 10.7. The third-order valence-electron chi connectivity index (χ3n) is 8.67. The average molecular weight is 633 g/mol. The molecule has 2 heterocycles. The summed E-state index contributed by atoms with van der Waals surface area (Å²) in [5, 5.41) is 2.46. The first-order chi connectivity index (χ1) is 19.8. The number of aromatic nitrogens is 1. The van der Waals surface area contributed by atoms with Gasteiger partial charge in [-0.3, -0.25) is 9.78 Å². The van der Waals surface area contributed by atoms with E-state index in [0.29, 0.717) is 0 Å². The molecule has 1 fully saturated rings.